The molecule has 1 fully saturated rings. The number of nitrogens with two attached hydrogens (primary N) is 1. The van der Waals surface area contributed by atoms with Crippen molar-refractivity contribution in [1.29, 1.82) is 0 Å². The van der Waals surface area contributed by atoms with Crippen molar-refractivity contribution in [2.45, 2.75) is 77.9 Å². The maximum absolute atomic E-state index is 15.2. The van der Waals surface area contributed by atoms with Gasteiger partial charge in [-0.3, -0.25) is 9.18 Å². The molecule has 0 saturated carbocycles. The molecule has 1 atom stereocenters. The van der Waals surface area contributed by atoms with Gasteiger partial charge in [0.1, 0.15) is 23.5 Å². The molecule has 0 amide bonds. The largest absolute Gasteiger partial charge is 0.487 e. The van der Waals surface area contributed by atoms with Crippen molar-refractivity contribution in [2.24, 2.45) is 0 Å². The highest BCUT2D eigenvalue weighted by Crippen LogP contribution is 2.34. The Bertz CT molecular complexity index is 1630. The number of alkyl halides is 1. The Morgan fingerprint density at radius 3 is 2.57 bits per heavy atom. The van der Waals surface area contributed by atoms with Crippen LogP contribution < -0.4 is 5.73 Å². The number of carbonyl (C=O) groups excluding carboxylic acids is 1. The lowest BCUT2D eigenvalue weighted by Gasteiger charge is -2.34. The standard InChI is InChI=1S/C34H38FN5O2.C2H6.CH3F/c1-22(2)39-16-14-23(15-17-39)28-18-24-19-32(38-31(24)20-30(28)35)33(41)29-21-37-40(34(29)36)25-8-7-11-27(13-12-25)42-26-9-5-3-4-6-10-26;2*1-2/h3-5,8-10,12-13,18-23,27,38H,6-7,11,14-17,36H2,1-2H3;1-2H3;1H3. The average molecular weight is 632 g/mol. The summed E-state index contributed by atoms with van der Waals surface area (Å²) in [4.78, 5) is 19.1. The van der Waals surface area contributed by atoms with Gasteiger partial charge in [-0.05, 0) is 113 Å². The zero-order valence-corrected chi connectivity index (χ0v) is 27.6. The highest BCUT2D eigenvalue weighted by atomic mass is 19.1. The minimum absolute atomic E-state index is 0.0787. The first-order chi connectivity index (χ1) is 22.4. The zero-order chi connectivity index (χ0) is 33.2. The Morgan fingerprint density at radius 2 is 1.83 bits per heavy atom. The van der Waals surface area contributed by atoms with E-state index in [-0.39, 0.29) is 29.4 Å². The fourth-order valence-electron chi connectivity index (χ4n) is 6.06. The van der Waals surface area contributed by atoms with E-state index in [0.717, 1.165) is 67.6 Å². The van der Waals surface area contributed by atoms with Crippen molar-refractivity contribution in [1.82, 2.24) is 19.7 Å². The number of carbonyl (C=O) groups is 1. The van der Waals surface area contributed by atoms with Gasteiger partial charge in [-0.25, -0.2) is 9.07 Å². The van der Waals surface area contributed by atoms with Gasteiger partial charge < -0.3 is 20.4 Å². The van der Waals surface area contributed by atoms with Crippen molar-refractivity contribution < 1.29 is 18.3 Å². The molecule has 3 heterocycles. The molecule has 3 aromatic rings. The van der Waals surface area contributed by atoms with E-state index in [1.165, 1.54) is 12.3 Å². The van der Waals surface area contributed by atoms with Crippen LogP contribution in [0.1, 0.15) is 87.3 Å². The first kappa shape index (κ1) is 34.6. The number of H-pyrrole nitrogens is 1. The maximum atomic E-state index is 15.2. The molecule has 46 heavy (non-hydrogen) atoms. The van der Waals surface area contributed by atoms with E-state index in [1.807, 2.05) is 50.3 Å². The molecular formula is C37H47F2N5O2. The van der Waals surface area contributed by atoms with Crippen LogP contribution in [0, 0.1) is 5.82 Å². The lowest BCUT2D eigenvalue weighted by molar-refractivity contribution is 0.103. The van der Waals surface area contributed by atoms with E-state index in [9.17, 15) is 9.18 Å². The van der Waals surface area contributed by atoms with Gasteiger partial charge in [0.05, 0.1) is 30.3 Å². The van der Waals surface area contributed by atoms with E-state index in [1.54, 1.807) is 10.7 Å². The molecule has 3 aliphatic rings. The fraction of sp³-hybridized carbons (Fsp3) is 0.405. The molecule has 1 unspecified atom stereocenters. The summed E-state index contributed by atoms with van der Waals surface area (Å²) in [6.45, 7) is 10.3. The summed E-state index contributed by atoms with van der Waals surface area (Å²) < 4.78 is 32.5. The predicted octanol–water partition coefficient (Wildman–Crippen LogP) is 8.49. The summed E-state index contributed by atoms with van der Waals surface area (Å²) in [5.74, 6) is 0.790. The van der Waals surface area contributed by atoms with Crippen molar-refractivity contribution in [3.05, 3.63) is 101 Å². The number of ketones is 1. The zero-order valence-electron chi connectivity index (χ0n) is 27.6. The summed E-state index contributed by atoms with van der Waals surface area (Å²) in [6.07, 6.45) is 21.8. The van der Waals surface area contributed by atoms with Crippen LogP contribution in [0.25, 0.3) is 16.6 Å². The number of allylic oxidation sites excluding steroid dienone is 8. The van der Waals surface area contributed by atoms with Gasteiger partial charge in [0.2, 0.25) is 5.78 Å². The molecule has 2 aliphatic carbocycles. The third kappa shape index (κ3) is 7.94. The van der Waals surface area contributed by atoms with E-state index in [0.29, 0.717) is 30.0 Å². The van der Waals surface area contributed by atoms with Crippen LogP contribution in [-0.2, 0) is 4.74 Å². The number of aromatic nitrogens is 3. The third-order valence-electron chi connectivity index (χ3n) is 8.51. The molecule has 1 aromatic carbocycles. The number of nitrogen functional groups attached to an aromatic ring is 1. The SMILES string of the molecule is CC.CC(C)N1CCC(c2cc3cc(C(=O)c4cnn(C5=CCCC(OC6=CCC=CC=C6)C=C5)c4N)[nH]c3cc2F)CC1.CF. The van der Waals surface area contributed by atoms with Gasteiger partial charge in [0.25, 0.3) is 0 Å². The number of fused-ring (bicyclic) bond motifs is 1. The summed E-state index contributed by atoms with van der Waals surface area (Å²) >= 11 is 0. The van der Waals surface area contributed by atoms with Gasteiger partial charge in [0, 0.05) is 16.9 Å². The van der Waals surface area contributed by atoms with Gasteiger partial charge in [-0.1, -0.05) is 38.2 Å². The molecule has 7 nitrogen and oxygen atoms in total. The molecule has 0 radical (unpaired) electrons. The number of halogens is 2. The smallest absolute Gasteiger partial charge is 0.214 e. The normalized spacial score (nSPS) is 18.6. The molecule has 2 aromatic heterocycles. The highest BCUT2D eigenvalue weighted by molar-refractivity contribution is 6.12. The number of hydrogen-bond donors (Lipinski definition) is 2. The number of piperidine rings is 1. The Hall–Kier alpha value is -4.24. The van der Waals surface area contributed by atoms with Crippen LogP contribution in [0.4, 0.5) is 14.6 Å². The van der Waals surface area contributed by atoms with Crippen molar-refractivity contribution in [3.63, 3.8) is 0 Å². The number of aromatic amines is 1. The van der Waals surface area contributed by atoms with Crippen molar-refractivity contribution in [2.75, 3.05) is 26.0 Å². The summed E-state index contributed by atoms with van der Waals surface area (Å²) in [7, 11) is 0.500. The van der Waals surface area contributed by atoms with E-state index < -0.39 is 0 Å². The highest BCUT2D eigenvalue weighted by Gasteiger charge is 2.26. The average Bonchev–Trinajstić information content (AvgIpc) is 3.45. The third-order valence-corrected chi connectivity index (χ3v) is 8.51. The number of anilines is 1. The molecule has 246 valence electrons. The van der Waals surface area contributed by atoms with Crippen LogP contribution in [0.15, 0.2) is 78.8 Å². The number of likely N-dealkylation sites (tertiary alicyclic amines) is 1. The topological polar surface area (TPSA) is 89.2 Å². The summed E-state index contributed by atoms with van der Waals surface area (Å²) in [5.41, 5.74) is 9.25. The summed E-state index contributed by atoms with van der Waals surface area (Å²) in [5, 5.41) is 5.27. The van der Waals surface area contributed by atoms with E-state index >= 15 is 4.39 Å². The summed E-state index contributed by atoms with van der Waals surface area (Å²) in [6, 6.07) is 5.70. The van der Waals surface area contributed by atoms with Gasteiger partial charge in [0.15, 0.2) is 0 Å². The van der Waals surface area contributed by atoms with Crippen LogP contribution >= 0.6 is 0 Å². The second-order valence-corrected chi connectivity index (χ2v) is 11.6. The predicted molar refractivity (Wildman–Crippen MR) is 184 cm³/mol. The van der Waals surface area contributed by atoms with E-state index in [4.69, 9.17) is 10.5 Å². The fourth-order valence-corrected chi connectivity index (χ4v) is 6.06. The maximum Gasteiger partial charge on any atom is 0.214 e. The van der Waals surface area contributed by atoms with Crippen LogP contribution in [0.3, 0.4) is 0 Å². The Morgan fingerprint density at radius 1 is 1.07 bits per heavy atom. The first-order valence-electron chi connectivity index (χ1n) is 16.3. The number of nitrogens with one attached hydrogen (secondary N) is 1. The Kier molecular flexibility index (Phi) is 12.3. The Balaban J connectivity index is 0.00000116. The first-order valence-corrected chi connectivity index (χ1v) is 16.3. The molecule has 6 rings (SSSR count). The minimum Gasteiger partial charge on any atom is -0.487 e. The molecule has 3 N–H and O–H groups in total. The van der Waals surface area contributed by atoms with Gasteiger partial charge >= 0.3 is 0 Å². The number of benzene rings is 1. The molecular weight excluding hydrogens is 584 g/mol. The van der Waals surface area contributed by atoms with Crippen molar-refractivity contribution >= 4 is 28.2 Å². The number of nitrogens with zero attached hydrogens (tertiary/aromatic N) is 3. The lowest BCUT2D eigenvalue weighted by Crippen LogP contribution is -2.37. The second kappa shape index (κ2) is 16.4. The lowest BCUT2D eigenvalue weighted by atomic mass is 9.88. The molecule has 9 heteroatoms. The number of hydrogen-bond acceptors (Lipinski definition) is 5. The quantitative estimate of drug-likeness (QED) is 0.255. The monoisotopic (exact) mass is 631 g/mol. The molecule has 0 bridgehead atoms. The van der Waals surface area contributed by atoms with Crippen LogP contribution in [0.5, 0.6) is 0 Å². The van der Waals surface area contributed by atoms with Crippen LogP contribution in [0.2, 0.25) is 0 Å². The molecule has 0 spiro atoms. The molecule has 1 saturated heterocycles. The van der Waals surface area contributed by atoms with Crippen molar-refractivity contribution in [3.8, 4) is 0 Å². The number of rotatable bonds is 7. The Labute approximate surface area is 271 Å². The second-order valence-electron chi connectivity index (χ2n) is 11.6. The molecule has 1 aliphatic heterocycles. The number of ether oxygens (including phenoxy) is 1. The van der Waals surface area contributed by atoms with Gasteiger partial charge in [-0.2, -0.15) is 5.10 Å². The van der Waals surface area contributed by atoms with Gasteiger partial charge in [-0.15, -0.1) is 0 Å². The van der Waals surface area contributed by atoms with E-state index in [2.05, 4.69) is 47.1 Å². The van der Waals surface area contributed by atoms with Crippen LogP contribution in [-0.4, -0.2) is 57.9 Å². The minimum atomic E-state index is -0.276.